The zero-order chi connectivity index (χ0) is 18.8. The molecule has 0 saturated heterocycles. The first-order valence-corrected chi connectivity index (χ1v) is 10.3. The van der Waals surface area contributed by atoms with E-state index in [-0.39, 0.29) is 16.9 Å². The molecule has 4 aliphatic rings. The lowest BCUT2D eigenvalue weighted by molar-refractivity contribution is 0.0369. The number of fused-ring (bicyclic) bond motifs is 5. The van der Waals surface area contributed by atoms with Gasteiger partial charge in [-0.1, -0.05) is 43.2 Å². The highest BCUT2D eigenvalue weighted by atomic mass is 19.1. The molecule has 0 bridgehead atoms. The van der Waals surface area contributed by atoms with E-state index >= 15 is 0 Å². The quantitative estimate of drug-likeness (QED) is 0.530. The van der Waals surface area contributed by atoms with Gasteiger partial charge in [0.15, 0.2) is 0 Å². The third-order valence-corrected chi connectivity index (χ3v) is 8.16. The molecule has 0 aromatic carbocycles. The number of hydrogen-bond donors (Lipinski definition) is 1. The molecule has 5 rings (SSSR count). The second kappa shape index (κ2) is 5.88. The van der Waals surface area contributed by atoms with Crippen molar-refractivity contribution in [3.05, 3.63) is 59.2 Å². The minimum absolute atomic E-state index is 0.0383. The van der Waals surface area contributed by atoms with Gasteiger partial charge in [0.05, 0.1) is 6.10 Å². The largest absolute Gasteiger partial charge is 0.393 e. The average Bonchev–Trinajstić information content (AvgIpc) is 3.00. The van der Waals surface area contributed by atoms with Crippen LogP contribution in [0.3, 0.4) is 0 Å². The zero-order valence-electron chi connectivity index (χ0n) is 16.2. The monoisotopic (exact) mass is 365 g/mol. The van der Waals surface area contributed by atoms with Crippen molar-refractivity contribution in [1.82, 2.24) is 4.98 Å². The van der Waals surface area contributed by atoms with E-state index in [0.717, 1.165) is 37.7 Å². The fourth-order valence-corrected chi connectivity index (χ4v) is 6.60. The Morgan fingerprint density at radius 1 is 1.15 bits per heavy atom. The Labute approximate surface area is 160 Å². The second-order valence-corrected chi connectivity index (χ2v) is 9.43. The van der Waals surface area contributed by atoms with Gasteiger partial charge in [-0.15, -0.1) is 0 Å². The normalized spacial score (nSPS) is 40.3. The topological polar surface area (TPSA) is 33.1 Å². The summed E-state index contributed by atoms with van der Waals surface area (Å²) >= 11 is 0. The summed E-state index contributed by atoms with van der Waals surface area (Å²) in [5.74, 6) is 0.829. The van der Waals surface area contributed by atoms with Crippen molar-refractivity contribution in [1.29, 1.82) is 0 Å². The lowest BCUT2D eigenvalue weighted by Gasteiger charge is -2.56. The van der Waals surface area contributed by atoms with Gasteiger partial charge in [0.2, 0.25) is 5.95 Å². The number of halogens is 1. The van der Waals surface area contributed by atoms with Crippen LogP contribution in [0.1, 0.15) is 57.9 Å². The highest BCUT2D eigenvalue weighted by molar-refractivity contribution is 5.78. The van der Waals surface area contributed by atoms with Gasteiger partial charge in [-0.25, -0.2) is 4.98 Å². The molecule has 0 radical (unpaired) electrons. The molecule has 5 unspecified atom stereocenters. The maximum absolute atomic E-state index is 13.3. The van der Waals surface area contributed by atoms with E-state index in [1.807, 2.05) is 6.07 Å². The molecular formula is C24H28FNO. The summed E-state index contributed by atoms with van der Waals surface area (Å²) in [4.78, 5) is 3.88. The van der Waals surface area contributed by atoms with Crippen LogP contribution in [0.4, 0.5) is 4.39 Å². The van der Waals surface area contributed by atoms with Gasteiger partial charge in [-0.2, -0.15) is 4.39 Å². The number of pyridine rings is 1. The second-order valence-electron chi connectivity index (χ2n) is 9.43. The van der Waals surface area contributed by atoms with E-state index in [4.69, 9.17) is 0 Å². The minimum atomic E-state index is -0.420. The van der Waals surface area contributed by atoms with Gasteiger partial charge in [-0.05, 0) is 79.0 Å². The van der Waals surface area contributed by atoms with Crippen LogP contribution in [0.15, 0.2) is 47.7 Å². The molecule has 142 valence electrons. The summed E-state index contributed by atoms with van der Waals surface area (Å²) in [6.45, 7) is 4.81. The molecule has 2 nitrogen and oxygen atoms in total. The molecule has 27 heavy (non-hydrogen) atoms. The molecule has 1 aromatic rings. The lowest BCUT2D eigenvalue weighted by Crippen LogP contribution is -2.47. The van der Waals surface area contributed by atoms with Crippen molar-refractivity contribution in [2.24, 2.45) is 22.7 Å². The standard InChI is InChI=1S/C24H28FNO/c1-23-11-9-17(27)13-16(23)4-5-18-20-7-6-19(15-3-8-22(25)26-14-15)24(20,2)12-10-21(18)23/h3-4,6-8,14,17-18,21,27H,5,9-13H2,1-2H3. The van der Waals surface area contributed by atoms with E-state index in [1.165, 1.54) is 23.6 Å². The third kappa shape index (κ3) is 2.44. The molecule has 2 fully saturated rings. The van der Waals surface area contributed by atoms with Gasteiger partial charge in [0, 0.05) is 11.6 Å². The Kier molecular flexibility index (Phi) is 3.78. The van der Waals surface area contributed by atoms with E-state index in [1.54, 1.807) is 11.8 Å². The Morgan fingerprint density at radius 3 is 2.78 bits per heavy atom. The van der Waals surface area contributed by atoms with E-state index in [9.17, 15) is 9.50 Å². The van der Waals surface area contributed by atoms with Gasteiger partial charge in [0.25, 0.3) is 0 Å². The third-order valence-electron chi connectivity index (χ3n) is 8.16. The van der Waals surface area contributed by atoms with Crippen LogP contribution < -0.4 is 0 Å². The lowest BCUT2D eigenvalue weighted by atomic mass is 9.49. The van der Waals surface area contributed by atoms with Crippen molar-refractivity contribution in [2.75, 3.05) is 0 Å². The SMILES string of the molecule is CC12CCC3C(CC=C4CC(O)CCC43C)C1=CC=C2c1ccc(F)nc1. The maximum atomic E-state index is 13.3. The number of aliphatic hydroxyl groups is 1. The van der Waals surface area contributed by atoms with E-state index < -0.39 is 5.95 Å². The van der Waals surface area contributed by atoms with Gasteiger partial charge in [-0.3, -0.25) is 0 Å². The first kappa shape index (κ1) is 17.4. The predicted octanol–water partition coefficient (Wildman–Crippen LogP) is 5.46. The smallest absolute Gasteiger partial charge is 0.212 e. The molecule has 2 saturated carbocycles. The molecular weight excluding hydrogens is 337 g/mol. The maximum Gasteiger partial charge on any atom is 0.212 e. The Morgan fingerprint density at radius 2 is 2.00 bits per heavy atom. The average molecular weight is 365 g/mol. The number of rotatable bonds is 1. The molecule has 1 heterocycles. The molecule has 0 aliphatic heterocycles. The van der Waals surface area contributed by atoms with Crippen LogP contribution in [0.5, 0.6) is 0 Å². The van der Waals surface area contributed by atoms with Crippen molar-refractivity contribution in [3.8, 4) is 0 Å². The molecule has 4 aliphatic carbocycles. The van der Waals surface area contributed by atoms with Gasteiger partial charge >= 0.3 is 0 Å². The predicted molar refractivity (Wildman–Crippen MR) is 105 cm³/mol. The highest BCUT2D eigenvalue weighted by Gasteiger charge is 2.54. The highest BCUT2D eigenvalue weighted by Crippen LogP contribution is 2.64. The molecule has 5 atom stereocenters. The van der Waals surface area contributed by atoms with Crippen LogP contribution in [0, 0.1) is 28.6 Å². The minimum Gasteiger partial charge on any atom is -0.393 e. The van der Waals surface area contributed by atoms with Crippen molar-refractivity contribution in [2.45, 2.75) is 58.5 Å². The van der Waals surface area contributed by atoms with E-state index in [0.29, 0.717) is 11.8 Å². The zero-order valence-corrected chi connectivity index (χ0v) is 16.2. The number of allylic oxidation sites excluding steroid dienone is 5. The molecule has 0 spiro atoms. The number of aromatic nitrogens is 1. The first-order chi connectivity index (χ1) is 12.9. The van der Waals surface area contributed by atoms with Crippen molar-refractivity contribution >= 4 is 5.57 Å². The number of aliphatic hydroxyl groups excluding tert-OH is 1. The Bertz CT molecular complexity index is 867. The van der Waals surface area contributed by atoms with Gasteiger partial charge < -0.3 is 5.11 Å². The van der Waals surface area contributed by atoms with E-state index in [2.05, 4.69) is 37.1 Å². The van der Waals surface area contributed by atoms with Crippen LogP contribution in [-0.4, -0.2) is 16.2 Å². The summed E-state index contributed by atoms with van der Waals surface area (Å²) in [7, 11) is 0. The molecule has 1 aromatic heterocycles. The van der Waals surface area contributed by atoms with Crippen LogP contribution in [-0.2, 0) is 0 Å². The van der Waals surface area contributed by atoms with Gasteiger partial charge in [0.1, 0.15) is 0 Å². The fraction of sp³-hybridized carbons (Fsp3) is 0.542. The summed E-state index contributed by atoms with van der Waals surface area (Å²) in [5, 5.41) is 10.1. The molecule has 3 heteroatoms. The summed E-state index contributed by atoms with van der Waals surface area (Å²) in [6, 6.07) is 3.33. The Balaban J connectivity index is 1.48. The number of hydrogen-bond acceptors (Lipinski definition) is 2. The van der Waals surface area contributed by atoms with Crippen LogP contribution in [0.2, 0.25) is 0 Å². The fourth-order valence-electron chi connectivity index (χ4n) is 6.60. The summed E-state index contributed by atoms with van der Waals surface area (Å²) in [6.07, 6.45) is 14.9. The first-order valence-electron chi connectivity index (χ1n) is 10.3. The Hall–Kier alpha value is -1.74. The van der Waals surface area contributed by atoms with Crippen LogP contribution in [0.25, 0.3) is 5.57 Å². The molecule has 0 amide bonds. The number of nitrogens with zero attached hydrogens (tertiary/aromatic N) is 1. The van der Waals surface area contributed by atoms with Crippen molar-refractivity contribution < 1.29 is 9.50 Å². The summed E-state index contributed by atoms with van der Waals surface area (Å²) in [5.41, 5.74) is 5.67. The van der Waals surface area contributed by atoms with Crippen molar-refractivity contribution in [3.63, 3.8) is 0 Å². The van der Waals surface area contributed by atoms with Crippen LogP contribution >= 0.6 is 0 Å². The molecule has 1 N–H and O–H groups in total. The summed E-state index contributed by atoms with van der Waals surface area (Å²) < 4.78 is 13.3.